The smallest absolute Gasteiger partial charge is 0.203 e. The van der Waals surface area contributed by atoms with Crippen LogP contribution in [0.4, 0.5) is 17.6 Å². The molecule has 0 fully saturated rings. The maximum Gasteiger partial charge on any atom is 0.203 e. The Bertz CT molecular complexity index is 645. The molecule has 0 radical (unpaired) electrons. The number of rotatable bonds is 1. The summed E-state index contributed by atoms with van der Waals surface area (Å²) in [6.45, 7) is 1.43. The van der Waals surface area contributed by atoms with Gasteiger partial charge in [-0.25, -0.2) is 8.78 Å². The first kappa shape index (κ1) is 16.5. The van der Waals surface area contributed by atoms with Crippen LogP contribution in [0.25, 0.3) is 0 Å². The lowest BCUT2D eigenvalue weighted by atomic mass is 10.1. The lowest BCUT2D eigenvalue weighted by Gasteiger charge is -1.98. The fraction of sp³-hybridized carbons (Fsp3) is 0.0714. The van der Waals surface area contributed by atoms with Crippen molar-refractivity contribution in [1.29, 1.82) is 0 Å². The van der Waals surface area contributed by atoms with Gasteiger partial charge in [0.25, 0.3) is 0 Å². The Kier molecular flexibility index (Phi) is 5.29. The van der Waals surface area contributed by atoms with Crippen LogP contribution < -0.4 is 0 Å². The van der Waals surface area contributed by atoms with Gasteiger partial charge in [0.15, 0.2) is 23.2 Å². The van der Waals surface area contributed by atoms with Crippen LogP contribution in [-0.2, 0) is 0 Å². The maximum absolute atomic E-state index is 12.1. The molecule has 0 aliphatic rings. The Morgan fingerprint density at radius 1 is 0.952 bits per heavy atom. The second kappa shape index (κ2) is 6.74. The molecule has 7 heteroatoms. The van der Waals surface area contributed by atoms with Gasteiger partial charge in [0.2, 0.25) is 11.6 Å². The molecule has 0 unspecified atom stereocenters. The number of aromatic hydroxyl groups is 2. The zero-order valence-electron chi connectivity index (χ0n) is 10.7. The number of halogens is 4. The van der Waals surface area contributed by atoms with Crippen molar-refractivity contribution in [1.82, 2.24) is 0 Å². The number of phenols is 2. The lowest BCUT2D eigenvalue weighted by Crippen LogP contribution is -1.92. The van der Waals surface area contributed by atoms with Crippen molar-refractivity contribution in [3.05, 3.63) is 59.2 Å². The van der Waals surface area contributed by atoms with Gasteiger partial charge in [-0.2, -0.15) is 8.78 Å². The normalized spacial score (nSPS) is 9.76. The second-order valence-corrected chi connectivity index (χ2v) is 3.89. The number of hydrogen-bond acceptors (Lipinski definition) is 3. The molecule has 112 valence electrons. The number of phenolic OH excluding ortho intramolecular Hbond substituents is 2. The van der Waals surface area contributed by atoms with Gasteiger partial charge in [0.1, 0.15) is 5.75 Å². The Labute approximate surface area is 117 Å². The Morgan fingerprint density at radius 2 is 1.43 bits per heavy atom. The molecule has 2 aromatic carbocycles. The number of benzene rings is 2. The van der Waals surface area contributed by atoms with Crippen molar-refractivity contribution in [3.63, 3.8) is 0 Å². The molecule has 0 atom stereocenters. The van der Waals surface area contributed by atoms with Gasteiger partial charge in [-0.15, -0.1) is 0 Å². The summed E-state index contributed by atoms with van der Waals surface area (Å²) in [5, 5.41) is 17.4. The SMILES string of the molecule is CC(=O)c1ccccc1O.Oc1c(F)c(F)cc(F)c1F. The average Bonchev–Trinajstić information content (AvgIpc) is 2.44. The molecule has 2 rings (SSSR count). The predicted molar refractivity (Wildman–Crippen MR) is 66.1 cm³/mol. The average molecular weight is 302 g/mol. The fourth-order valence-corrected chi connectivity index (χ4v) is 1.33. The lowest BCUT2D eigenvalue weighted by molar-refractivity contribution is 0.101. The van der Waals surface area contributed by atoms with Crippen molar-refractivity contribution in [2.45, 2.75) is 6.92 Å². The molecule has 2 aromatic rings. The summed E-state index contributed by atoms with van der Waals surface area (Å²) in [5.41, 5.74) is 0.377. The molecular formula is C14H10F4O3. The van der Waals surface area contributed by atoms with Crippen LogP contribution in [0.3, 0.4) is 0 Å². The van der Waals surface area contributed by atoms with Crippen LogP contribution in [0.2, 0.25) is 0 Å². The molecule has 21 heavy (non-hydrogen) atoms. The Morgan fingerprint density at radius 3 is 1.81 bits per heavy atom. The van der Waals surface area contributed by atoms with Crippen LogP contribution in [-0.4, -0.2) is 16.0 Å². The van der Waals surface area contributed by atoms with Gasteiger partial charge in [0, 0.05) is 6.07 Å². The van der Waals surface area contributed by atoms with E-state index in [9.17, 15) is 22.4 Å². The predicted octanol–water partition coefficient (Wildman–Crippen LogP) is 3.54. The fourth-order valence-electron chi connectivity index (χ4n) is 1.33. The van der Waals surface area contributed by atoms with E-state index in [1.807, 2.05) is 0 Å². The molecule has 0 saturated heterocycles. The van der Waals surface area contributed by atoms with Crippen molar-refractivity contribution in [2.24, 2.45) is 0 Å². The summed E-state index contributed by atoms with van der Waals surface area (Å²) in [6, 6.07) is 6.51. The molecule has 0 saturated carbocycles. The van der Waals surface area contributed by atoms with Gasteiger partial charge in [-0.1, -0.05) is 12.1 Å². The number of carbonyl (C=O) groups is 1. The first-order valence-corrected chi connectivity index (χ1v) is 5.56. The summed E-state index contributed by atoms with van der Waals surface area (Å²) >= 11 is 0. The zero-order chi connectivity index (χ0) is 16.2. The number of para-hydroxylation sites is 1. The number of ketones is 1. The van der Waals surface area contributed by atoms with Crippen molar-refractivity contribution < 1.29 is 32.6 Å². The molecule has 0 heterocycles. The van der Waals surface area contributed by atoms with E-state index in [1.54, 1.807) is 18.2 Å². The Hall–Kier alpha value is -2.57. The third-order valence-corrected chi connectivity index (χ3v) is 2.37. The molecule has 0 bridgehead atoms. The molecule has 3 nitrogen and oxygen atoms in total. The summed E-state index contributed by atoms with van der Waals surface area (Å²) in [5.74, 6) is -8.52. The van der Waals surface area contributed by atoms with Crippen molar-refractivity contribution in [2.75, 3.05) is 0 Å². The van der Waals surface area contributed by atoms with Crippen molar-refractivity contribution in [3.8, 4) is 11.5 Å². The summed E-state index contributed by atoms with van der Waals surface area (Å²) in [6.07, 6.45) is 0. The van der Waals surface area contributed by atoms with Crippen LogP contribution in [0, 0.1) is 23.3 Å². The van der Waals surface area contributed by atoms with Crippen molar-refractivity contribution >= 4 is 5.78 Å². The number of Topliss-reactive ketones (excluding diaryl/α,β-unsaturated/α-hetero) is 1. The molecule has 0 aliphatic carbocycles. The van der Waals surface area contributed by atoms with Gasteiger partial charge in [0.05, 0.1) is 5.56 Å². The highest BCUT2D eigenvalue weighted by atomic mass is 19.2. The van der Waals surface area contributed by atoms with E-state index in [2.05, 4.69) is 0 Å². The monoisotopic (exact) mass is 302 g/mol. The first-order valence-electron chi connectivity index (χ1n) is 5.56. The van der Waals surface area contributed by atoms with E-state index in [0.29, 0.717) is 5.56 Å². The maximum atomic E-state index is 12.1. The Balaban J connectivity index is 0.000000211. The molecule has 0 aliphatic heterocycles. The van der Waals surface area contributed by atoms with Gasteiger partial charge >= 0.3 is 0 Å². The number of carbonyl (C=O) groups excluding carboxylic acids is 1. The summed E-state index contributed by atoms with van der Waals surface area (Å²) in [7, 11) is 0. The summed E-state index contributed by atoms with van der Waals surface area (Å²) in [4.78, 5) is 10.7. The second-order valence-electron chi connectivity index (χ2n) is 3.89. The standard InChI is InChI=1S/C8H8O2.C6H2F4O/c1-6(9)7-4-2-3-5-8(7)10;7-2-1-3(8)5(10)6(11)4(2)9/h2-5,10H,1H3;1,11H. The minimum atomic E-state index is -1.79. The van der Waals surface area contributed by atoms with Crippen LogP contribution >= 0.6 is 0 Å². The molecular weight excluding hydrogens is 292 g/mol. The molecule has 0 amide bonds. The first-order chi connectivity index (χ1) is 9.75. The van der Waals surface area contributed by atoms with E-state index in [4.69, 9.17) is 10.2 Å². The topological polar surface area (TPSA) is 57.5 Å². The van der Waals surface area contributed by atoms with E-state index in [0.717, 1.165) is 0 Å². The summed E-state index contributed by atoms with van der Waals surface area (Å²) < 4.78 is 48.4. The molecule has 0 aromatic heterocycles. The van der Waals surface area contributed by atoms with E-state index < -0.39 is 29.0 Å². The third-order valence-electron chi connectivity index (χ3n) is 2.37. The van der Waals surface area contributed by atoms with Gasteiger partial charge in [-0.3, -0.25) is 4.79 Å². The van der Waals surface area contributed by atoms with Crippen LogP contribution in [0.15, 0.2) is 30.3 Å². The van der Waals surface area contributed by atoms with E-state index in [1.165, 1.54) is 13.0 Å². The quantitative estimate of drug-likeness (QED) is 0.481. The van der Waals surface area contributed by atoms with E-state index in [-0.39, 0.29) is 17.6 Å². The molecule has 0 spiro atoms. The zero-order valence-corrected chi connectivity index (χ0v) is 10.7. The third kappa shape index (κ3) is 3.95. The van der Waals surface area contributed by atoms with Gasteiger partial charge < -0.3 is 10.2 Å². The minimum Gasteiger partial charge on any atom is -0.507 e. The highest BCUT2D eigenvalue weighted by Gasteiger charge is 2.17. The van der Waals surface area contributed by atoms with E-state index >= 15 is 0 Å². The molecule has 2 N–H and O–H groups in total. The highest BCUT2D eigenvalue weighted by Crippen LogP contribution is 2.24. The van der Waals surface area contributed by atoms with Gasteiger partial charge in [-0.05, 0) is 19.1 Å². The van der Waals surface area contributed by atoms with Crippen LogP contribution in [0.5, 0.6) is 11.5 Å². The van der Waals surface area contributed by atoms with Crippen LogP contribution in [0.1, 0.15) is 17.3 Å². The minimum absolute atomic E-state index is 0.0182. The largest absolute Gasteiger partial charge is 0.507 e. The number of hydrogen-bond donors (Lipinski definition) is 2. The highest BCUT2D eigenvalue weighted by molar-refractivity contribution is 5.96.